The fourth-order valence-corrected chi connectivity index (χ4v) is 5.36. The van der Waals surface area contributed by atoms with Gasteiger partial charge in [-0.2, -0.15) is 0 Å². The standard InChI is InChI=1S/C29H39ClN4O3/c1-22(2)32-13-6-14-34(28(35)21-37-3)27-8-5-4-7-24(27)20-33(16-15-32)29(36)25-18-31(19-25)17-23-9-11-26(30)12-10-23/h4-5,7-12,22,25H,6,13-21H2,1-3H3. The highest BCUT2D eigenvalue weighted by atomic mass is 35.5. The molecule has 8 heteroatoms. The van der Waals surface area contributed by atoms with Gasteiger partial charge in [0, 0.05) is 76.2 Å². The van der Waals surface area contributed by atoms with Crippen LogP contribution in [0.1, 0.15) is 31.4 Å². The van der Waals surface area contributed by atoms with Gasteiger partial charge in [0.2, 0.25) is 5.91 Å². The molecule has 0 bridgehead atoms. The molecule has 2 heterocycles. The second kappa shape index (κ2) is 12.9. The molecular formula is C29H39ClN4O3. The molecule has 0 N–H and O–H groups in total. The van der Waals surface area contributed by atoms with Crippen molar-refractivity contribution in [2.24, 2.45) is 5.92 Å². The topological polar surface area (TPSA) is 56.3 Å². The molecular weight excluding hydrogens is 488 g/mol. The van der Waals surface area contributed by atoms with Gasteiger partial charge in [0.1, 0.15) is 6.61 Å². The zero-order valence-corrected chi connectivity index (χ0v) is 23.0. The molecule has 200 valence electrons. The van der Waals surface area contributed by atoms with Crippen molar-refractivity contribution < 1.29 is 14.3 Å². The Balaban J connectivity index is 1.51. The molecule has 0 aliphatic carbocycles. The van der Waals surface area contributed by atoms with E-state index >= 15 is 0 Å². The molecule has 0 unspecified atom stereocenters. The van der Waals surface area contributed by atoms with Crippen molar-refractivity contribution in [3.8, 4) is 0 Å². The largest absolute Gasteiger partial charge is 0.375 e. The summed E-state index contributed by atoms with van der Waals surface area (Å²) in [4.78, 5) is 35.3. The summed E-state index contributed by atoms with van der Waals surface area (Å²) in [7, 11) is 1.55. The Bertz CT molecular complexity index is 1060. The molecule has 2 aliphatic rings. The first-order valence-corrected chi connectivity index (χ1v) is 13.6. The second-order valence-corrected chi connectivity index (χ2v) is 10.8. The van der Waals surface area contributed by atoms with Crippen molar-refractivity contribution in [2.45, 2.75) is 39.4 Å². The number of hydrogen-bond donors (Lipinski definition) is 0. The number of benzene rings is 2. The number of anilines is 1. The second-order valence-electron chi connectivity index (χ2n) is 10.4. The monoisotopic (exact) mass is 526 g/mol. The molecule has 2 amide bonds. The number of carbonyl (C=O) groups is 2. The van der Waals surface area contributed by atoms with E-state index in [1.165, 1.54) is 5.56 Å². The van der Waals surface area contributed by atoms with Gasteiger partial charge in [0.25, 0.3) is 5.91 Å². The van der Waals surface area contributed by atoms with Crippen LogP contribution in [0.2, 0.25) is 5.02 Å². The summed E-state index contributed by atoms with van der Waals surface area (Å²) in [6.45, 7) is 10.2. The molecule has 0 atom stereocenters. The number of ether oxygens (including phenoxy) is 1. The van der Waals surface area contributed by atoms with E-state index in [1.54, 1.807) is 7.11 Å². The lowest BCUT2D eigenvalue weighted by Gasteiger charge is -2.41. The lowest BCUT2D eigenvalue weighted by molar-refractivity contribution is -0.142. The molecule has 0 saturated carbocycles. The normalized spacial score (nSPS) is 18.3. The van der Waals surface area contributed by atoms with Gasteiger partial charge in [-0.3, -0.25) is 19.4 Å². The number of fused-ring (bicyclic) bond motifs is 1. The highest BCUT2D eigenvalue weighted by molar-refractivity contribution is 6.30. The number of hydrogen-bond acceptors (Lipinski definition) is 5. The van der Waals surface area contributed by atoms with Crippen LogP contribution in [0.4, 0.5) is 5.69 Å². The van der Waals surface area contributed by atoms with E-state index in [0.29, 0.717) is 25.7 Å². The summed E-state index contributed by atoms with van der Waals surface area (Å²) in [5.41, 5.74) is 3.07. The minimum atomic E-state index is -0.0556. The number of carbonyl (C=O) groups excluding carboxylic acids is 2. The summed E-state index contributed by atoms with van der Waals surface area (Å²) in [5.74, 6) is 0.128. The Morgan fingerprint density at radius 3 is 2.43 bits per heavy atom. The molecule has 2 aromatic rings. The highest BCUT2D eigenvalue weighted by Crippen LogP contribution is 2.27. The van der Waals surface area contributed by atoms with Crippen LogP contribution in [0.5, 0.6) is 0 Å². The molecule has 1 fully saturated rings. The fourth-order valence-electron chi connectivity index (χ4n) is 5.23. The summed E-state index contributed by atoms with van der Waals surface area (Å²) in [6, 6.07) is 16.2. The van der Waals surface area contributed by atoms with Crippen molar-refractivity contribution in [1.82, 2.24) is 14.7 Å². The quantitative estimate of drug-likeness (QED) is 0.571. The smallest absolute Gasteiger partial charge is 0.252 e. The summed E-state index contributed by atoms with van der Waals surface area (Å²) in [5, 5.41) is 0.734. The maximum absolute atomic E-state index is 13.7. The molecule has 4 rings (SSSR count). The zero-order valence-electron chi connectivity index (χ0n) is 22.2. The average molecular weight is 527 g/mol. The minimum absolute atomic E-state index is 0.0108. The van der Waals surface area contributed by atoms with Crippen LogP contribution in [0, 0.1) is 5.92 Å². The van der Waals surface area contributed by atoms with Crippen LogP contribution in [0.25, 0.3) is 0 Å². The molecule has 2 aliphatic heterocycles. The number of rotatable bonds is 6. The Kier molecular flexibility index (Phi) is 9.60. The van der Waals surface area contributed by atoms with E-state index in [-0.39, 0.29) is 24.3 Å². The maximum atomic E-state index is 13.7. The van der Waals surface area contributed by atoms with Crippen LogP contribution >= 0.6 is 11.6 Å². The number of nitrogens with zero attached hydrogens (tertiary/aromatic N) is 4. The van der Waals surface area contributed by atoms with Crippen molar-refractivity contribution in [1.29, 1.82) is 0 Å². The van der Waals surface area contributed by atoms with Gasteiger partial charge >= 0.3 is 0 Å². The number of halogens is 1. The molecule has 0 aromatic heterocycles. The Morgan fingerprint density at radius 1 is 1.00 bits per heavy atom. The van der Waals surface area contributed by atoms with Crippen molar-refractivity contribution in [3.05, 3.63) is 64.7 Å². The number of amides is 2. The average Bonchev–Trinajstić information content (AvgIpc) is 2.89. The molecule has 37 heavy (non-hydrogen) atoms. The third kappa shape index (κ3) is 7.11. The summed E-state index contributed by atoms with van der Waals surface area (Å²) < 4.78 is 5.18. The SMILES string of the molecule is COCC(=O)N1CCCN(C(C)C)CCN(C(=O)C2CN(Cc3ccc(Cl)cc3)C2)Cc2ccccc21. The Labute approximate surface area is 225 Å². The first-order valence-electron chi connectivity index (χ1n) is 13.2. The van der Waals surface area contributed by atoms with E-state index in [4.69, 9.17) is 16.3 Å². The van der Waals surface area contributed by atoms with Crippen molar-refractivity contribution in [3.63, 3.8) is 0 Å². The third-order valence-electron chi connectivity index (χ3n) is 7.36. The van der Waals surface area contributed by atoms with Gasteiger partial charge in [0.15, 0.2) is 0 Å². The lowest BCUT2D eigenvalue weighted by Crippen LogP contribution is -2.54. The van der Waals surface area contributed by atoms with Crippen LogP contribution in [0.3, 0.4) is 0 Å². The van der Waals surface area contributed by atoms with Crippen LogP contribution in [-0.2, 0) is 27.4 Å². The molecule has 0 radical (unpaired) electrons. The van der Waals surface area contributed by atoms with Gasteiger partial charge in [-0.05, 0) is 49.6 Å². The number of para-hydroxylation sites is 1. The molecule has 7 nitrogen and oxygen atoms in total. The Hall–Kier alpha value is -2.45. The van der Waals surface area contributed by atoms with Crippen molar-refractivity contribution >= 4 is 29.1 Å². The maximum Gasteiger partial charge on any atom is 0.252 e. The zero-order chi connectivity index (χ0) is 26.4. The number of methoxy groups -OCH3 is 1. The van der Waals surface area contributed by atoms with E-state index in [9.17, 15) is 9.59 Å². The van der Waals surface area contributed by atoms with Gasteiger partial charge in [-0.25, -0.2) is 0 Å². The first kappa shape index (κ1) is 27.6. The van der Waals surface area contributed by atoms with Crippen LogP contribution < -0.4 is 4.90 Å². The molecule has 2 aromatic carbocycles. The van der Waals surface area contributed by atoms with E-state index in [0.717, 1.165) is 55.4 Å². The van der Waals surface area contributed by atoms with E-state index in [2.05, 4.69) is 23.6 Å². The predicted molar refractivity (Wildman–Crippen MR) is 148 cm³/mol. The van der Waals surface area contributed by atoms with Crippen LogP contribution in [-0.4, -0.2) is 85.5 Å². The van der Waals surface area contributed by atoms with E-state index in [1.807, 2.05) is 58.3 Å². The highest BCUT2D eigenvalue weighted by Gasteiger charge is 2.36. The number of likely N-dealkylation sites (tertiary alicyclic amines) is 1. The Morgan fingerprint density at radius 2 is 1.73 bits per heavy atom. The van der Waals surface area contributed by atoms with Gasteiger partial charge in [0.05, 0.1) is 5.92 Å². The predicted octanol–water partition coefficient (Wildman–Crippen LogP) is 3.89. The third-order valence-corrected chi connectivity index (χ3v) is 7.62. The van der Waals surface area contributed by atoms with Gasteiger partial charge < -0.3 is 14.5 Å². The summed E-state index contributed by atoms with van der Waals surface area (Å²) in [6.07, 6.45) is 0.859. The first-order chi connectivity index (χ1) is 17.9. The lowest BCUT2D eigenvalue weighted by atomic mass is 9.97. The summed E-state index contributed by atoms with van der Waals surface area (Å²) >= 11 is 6.02. The molecule has 1 saturated heterocycles. The molecule has 0 spiro atoms. The van der Waals surface area contributed by atoms with Crippen LogP contribution in [0.15, 0.2) is 48.5 Å². The fraction of sp³-hybridized carbons (Fsp3) is 0.517. The van der Waals surface area contributed by atoms with Gasteiger partial charge in [-0.15, -0.1) is 0 Å². The van der Waals surface area contributed by atoms with E-state index < -0.39 is 0 Å². The van der Waals surface area contributed by atoms with Gasteiger partial charge in [-0.1, -0.05) is 41.9 Å². The minimum Gasteiger partial charge on any atom is -0.375 e. The van der Waals surface area contributed by atoms with Crippen molar-refractivity contribution in [2.75, 3.05) is 57.9 Å².